The second-order valence-electron chi connectivity index (χ2n) is 6.16. The van der Waals surface area contributed by atoms with Crippen molar-refractivity contribution >= 4 is 51.5 Å². The van der Waals surface area contributed by atoms with E-state index in [-0.39, 0.29) is 5.91 Å². The maximum absolute atomic E-state index is 12.2. The van der Waals surface area contributed by atoms with Crippen LogP contribution in [0.1, 0.15) is 34.9 Å². The van der Waals surface area contributed by atoms with Crippen LogP contribution in [-0.2, 0) is 17.6 Å². The molecule has 0 bridgehead atoms. The average molecular weight is 391 g/mol. The molecule has 1 aliphatic carbocycles. The monoisotopic (exact) mass is 390 g/mol. The third-order valence-electron chi connectivity index (χ3n) is 4.24. The van der Waals surface area contributed by atoms with Gasteiger partial charge in [-0.3, -0.25) is 4.79 Å². The fraction of sp³-hybridized carbons (Fsp3) is 0.263. The molecule has 1 aromatic heterocycles. The summed E-state index contributed by atoms with van der Waals surface area (Å²) in [6.07, 6.45) is 6.01. The number of rotatable bonds is 3. The van der Waals surface area contributed by atoms with E-state index in [0.717, 1.165) is 24.8 Å². The highest BCUT2D eigenvalue weighted by atomic mass is 35.5. The number of benzene rings is 1. The summed E-state index contributed by atoms with van der Waals surface area (Å²) in [5.41, 5.74) is 2.42. The largest absolute Gasteiger partial charge is 0.313 e. The Bertz CT molecular complexity index is 896. The normalized spacial score (nSPS) is 16.5. The molecule has 0 spiro atoms. The highest BCUT2D eigenvalue weighted by Gasteiger charge is 2.24. The van der Waals surface area contributed by atoms with Gasteiger partial charge in [0.15, 0.2) is 0 Å². The molecular weight excluding hydrogens is 375 g/mol. The lowest BCUT2D eigenvalue weighted by atomic mass is 9.89. The molecule has 3 rings (SSSR count). The van der Waals surface area contributed by atoms with Crippen molar-refractivity contribution < 1.29 is 4.79 Å². The molecular formula is C19H16Cl2N2OS. The molecule has 0 fully saturated rings. The van der Waals surface area contributed by atoms with Crippen LogP contribution in [0.5, 0.6) is 0 Å². The number of nitrogens with one attached hydrogen (secondary N) is 1. The fourth-order valence-corrected chi connectivity index (χ4v) is 4.75. The minimum atomic E-state index is -0.283. The Kier molecular flexibility index (Phi) is 5.48. The molecule has 0 radical (unpaired) electrons. The van der Waals surface area contributed by atoms with E-state index in [1.165, 1.54) is 22.3 Å². The van der Waals surface area contributed by atoms with Gasteiger partial charge >= 0.3 is 0 Å². The minimum absolute atomic E-state index is 0.283. The summed E-state index contributed by atoms with van der Waals surface area (Å²) >= 11 is 13.5. The van der Waals surface area contributed by atoms with E-state index < -0.39 is 0 Å². The first-order chi connectivity index (χ1) is 12.0. The molecule has 0 saturated heterocycles. The van der Waals surface area contributed by atoms with E-state index in [1.54, 1.807) is 24.3 Å². The predicted octanol–water partition coefficient (Wildman–Crippen LogP) is 5.70. The molecule has 1 atom stereocenters. The van der Waals surface area contributed by atoms with Gasteiger partial charge in [-0.15, -0.1) is 11.3 Å². The molecule has 0 unspecified atom stereocenters. The lowest BCUT2D eigenvalue weighted by molar-refractivity contribution is -0.111. The lowest BCUT2D eigenvalue weighted by Crippen LogP contribution is -2.10. The Hall–Kier alpha value is -1.80. The number of carbonyl (C=O) groups excluding carboxylic acids is 1. The highest BCUT2D eigenvalue weighted by molar-refractivity contribution is 7.16. The van der Waals surface area contributed by atoms with Crippen LogP contribution in [0.15, 0.2) is 24.3 Å². The van der Waals surface area contributed by atoms with Gasteiger partial charge < -0.3 is 5.32 Å². The summed E-state index contributed by atoms with van der Waals surface area (Å²) in [5, 5.41) is 14.0. The van der Waals surface area contributed by atoms with Crippen molar-refractivity contribution in [3.05, 3.63) is 55.9 Å². The van der Waals surface area contributed by atoms with Crippen molar-refractivity contribution in [1.82, 2.24) is 0 Å². The van der Waals surface area contributed by atoms with Crippen molar-refractivity contribution in [1.29, 1.82) is 5.26 Å². The molecule has 1 aromatic carbocycles. The smallest absolute Gasteiger partial charge is 0.249 e. The molecule has 1 amide bonds. The SMILES string of the molecule is C[C@H]1CCc2c(sc(NC(=O)/C=C/c3ccc(Cl)cc3Cl)c2C#N)C1. The van der Waals surface area contributed by atoms with Crippen LogP contribution in [0.25, 0.3) is 6.08 Å². The zero-order chi connectivity index (χ0) is 18.0. The number of amides is 1. The summed E-state index contributed by atoms with van der Waals surface area (Å²) in [7, 11) is 0. The number of halogens is 2. The summed E-state index contributed by atoms with van der Waals surface area (Å²) in [5.74, 6) is 0.336. The van der Waals surface area contributed by atoms with Crippen LogP contribution in [0.3, 0.4) is 0 Å². The average Bonchev–Trinajstić information content (AvgIpc) is 2.89. The van der Waals surface area contributed by atoms with Crippen LogP contribution in [-0.4, -0.2) is 5.91 Å². The first-order valence-electron chi connectivity index (χ1n) is 7.96. The number of nitriles is 1. The molecule has 2 aromatic rings. The quantitative estimate of drug-likeness (QED) is 0.682. The van der Waals surface area contributed by atoms with Gasteiger partial charge in [-0.2, -0.15) is 5.26 Å². The lowest BCUT2D eigenvalue weighted by Gasteiger charge is -2.17. The van der Waals surface area contributed by atoms with E-state index in [2.05, 4.69) is 18.3 Å². The number of carbonyl (C=O) groups is 1. The summed E-state index contributed by atoms with van der Waals surface area (Å²) in [4.78, 5) is 13.5. The first-order valence-corrected chi connectivity index (χ1v) is 9.54. The Morgan fingerprint density at radius 3 is 2.96 bits per heavy atom. The van der Waals surface area contributed by atoms with Crippen LogP contribution in [0.4, 0.5) is 5.00 Å². The van der Waals surface area contributed by atoms with Crippen LogP contribution < -0.4 is 5.32 Å². The third kappa shape index (κ3) is 4.07. The number of hydrogen-bond acceptors (Lipinski definition) is 3. The molecule has 25 heavy (non-hydrogen) atoms. The van der Waals surface area contributed by atoms with E-state index in [4.69, 9.17) is 23.2 Å². The van der Waals surface area contributed by atoms with Gasteiger partial charge in [-0.25, -0.2) is 0 Å². The summed E-state index contributed by atoms with van der Waals surface area (Å²) < 4.78 is 0. The standard InChI is InChI=1S/C19H16Cl2N2OS/c1-11-2-6-14-15(10-22)19(25-17(14)8-11)23-18(24)7-4-12-3-5-13(20)9-16(12)21/h3-5,7,9,11H,2,6,8H2,1H3,(H,23,24)/b7-4+/t11-/m0/s1. The fourth-order valence-electron chi connectivity index (χ4n) is 2.91. The zero-order valence-corrected chi connectivity index (χ0v) is 15.9. The van der Waals surface area contributed by atoms with Gasteiger partial charge in [0.05, 0.1) is 5.56 Å². The van der Waals surface area contributed by atoms with E-state index in [9.17, 15) is 10.1 Å². The molecule has 1 aliphatic rings. The van der Waals surface area contributed by atoms with Crippen molar-refractivity contribution in [2.45, 2.75) is 26.2 Å². The minimum Gasteiger partial charge on any atom is -0.313 e. The second-order valence-corrected chi connectivity index (χ2v) is 8.10. The van der Waals surface area contributed by atoms with Crippen LogP contribution in [0.2, 0.25) is 10.0 Å². The Morgan fingerprint density at radius 2 is 2.24 bits per heavy atom. The molecule has 6 heteroatoms. The maximum atomic E-state index is 12.2. The molecule has 128 valence electrons. The van der Waals surface area contributed by atoms with Gasteiger partial charge in [-0.1, -0.05) is 36.2 Å². The summed E-state index contributed by atoms with van der Waals surface area (Å²) in [6, 6.07) is 7.34. The highest BCUT2D eigenvalue weighted by Crippen LogP contribution is 2.39. The zero-order valence-electron chi connectivity index (χ0n) is 13.6. The van der Waals surface area contributed by atoms with E-state index in [0.29, 0.717) is 32.1 Å². The number of fused-ring (bicyclic) bond motifs is 1. The van der Waals surface area contributed by atoms with Gasteiger partial charge in [0, 0.05) is 21.0 Å². The van der Waals surface area contributed by atoms with Gasteiger partial charge in [0.1, 0.15) is 11.1 Å². The van der Waals surface area contributed by atoms with Crippen molar-refractivity contribution in [3.63, 3.8) is 0 Å². The molecule has 1 heterocycles. The van der Waals surface area contributed by atoms with Crippen molar-refractivity contribution in [3.8, 4) is 6.07 Å². The second kappa shape index (κ2) is 7.61. The Morgan fingerprint density at radius 1 is 1.44 bits per heavy atom. The Balaban J connectivity index is 1.77. The van der Waals surface area contributed by atoms with Gasteiger partial charge in [0.25, 0.3) is 0 Å². The number of anilines is 1. The molecule has 0 saturated carbocycles. The predicted molar refractivity (Wildman–Crippen MR) is 104 cm³/mol. The molecule has 1 N–H and O–H groups in total. The van der Waals surface area contributed by atoms with Crippen LogP contribution in [0, 0.1) is 17.2 Å². The number of nitrogens with zero attached hydrogens (tertiary/aromatic N) is 1. The number of hydrogen-bond donors (Lipinski definition) is 1. The third-order valence-corrected chi connectivity index (χ3v) is 5.97. The van der Waals surface area contributed by atoms with Gasteiger partial charge in [0.2, 0.25) is 5.91 Å². The van der Waals surface area contributed by atoms with E-state index in [1.807, 2.05) is 0 Å². The molecule has 3 nitrogen and oxygen atoms in total. The van der Waals surface area contributed by atoms with E-state index >= 15 is 0 Å². The van der Waals surface area contributed by atoms with Crippen LogP contribution >= 0.6 is 34.5 Å². The maximum Gasteiger partial charge on any atom is 0.249 e. The Labute approximate surface area is 160 Å². The first kappa shape index (κ1) is 18.0. The summed E-state index contributed by atoms with van der Waals surface area (Å²) in [6.45, 7) is 2.21. The van der Waals surface area contributed by atoms with Crippen molar-refractivity contribution in [2.24, 2.45) is 5.92 Å². The molecule has 0 aliphatic heterocycles. The van der Waals surface area contributed by atoms with Crippen molar-refractivity contribution in [2.75, 3.05) is 5.32 Å². The van der Waals surface area contributed by atoms with Gasteiger partial charge in [-0.05, 0) is 54.5 Å². The number of thiophene rings is 1. The topological polar surface area (TPSA) is 52.9 Å².